The first-order valence-electron chi connectivity index (χ1n) is 17.0. The van der Waals surface area contributed by atoms with Crippen LogP contribution in [0.25, 0.3) is 32.9 Å². The van der Waals surface area contributed by atoms with E-state index in [-0.39, 0.29) is 23.8 Å². The highest BCUT2D eigenvalue weighted by Crippen LogP contribution is 2.39. The molecule has 258 valence electrons. The van der Waals surface area contributed by atoms with Crippen molar-refractivity contribution in [3.63, 3.8) is 0 Å². The number of hydrogen-bond donors (Lipinski definition) is 2. The molecule has 2 atom stereocenters. The van der Waals surface area contributed by atoms with Crippen molar-refractivity contribution in [3.8, 4) is 17.3 Å². The number of hydrogen-bond acceptors (Lipinski definition) is 10. The number of nitrogens with zero attached hydrogens (tertiary/aromatic N) is 7. The summed E-state index contributed by atoms with van der Waals surface area (Å²) in [5.41, 5.74) is 2.34. The van der Waals surface area contributed by atoms with Crippen LogP contribution in [-0.2, 0) is 4.79 Å². The lowest BCUT2D eigenvalue weighted by molar-refractivity contribution is -0.118. The lowest BCUT2D eigenvalue weighted by Crippen LogP contribution is -2.51. The molecule has 51 heavy (non-hydrogen) atoms. The Morgan fingerprint density at radius 2 is 1.86 bits per heavy atom. The first-order valence-corrected chi connectivity index (χ1v) is 18.2. The number of aryl methyl sites for hydroxylation is 1. The lowest BCUT2D eigenvalue weighted by atomic mass is 10.0. The highest BCUT2D eigenvalue weighted by atomic mass is 35.5. The van der Waals surface area contributed by atoms with Crippen molar-refractivity contribution in [1.29, 1.82) is 0 Å². The van der Waals surface area contributed by atoms with E-state index in [9.17, 15) is 4.79 Å². The SMILES string of the molecule is Cc1cc(NC(=O)COc2nc(N3CC4CCC(C3)N4)c3cnc(-c4cccc5cccc(Cl)c45)c(F)c3n2)ccc1Sn1cnc(C2CC2)n1. The van der Waals surface area contributed by atoms with Gasteiger partial charge in [0.15, 0.2) is 18.2 Å². The van der Waals surface area contributed by atoms with Crippen LogP contribution in [0.3, 0.4) is 0 Å². The van der Waals surface area contributed by atoms with Crippen LogP contribution in [0, 0.1) is 12.7 Å². The van der Waals surface area contributed by atoms with Gasteiger partial charge in [0.05, 0.1) is 5.39 Å². The molecule has 9 rings (SSSR count). The molecule has 1 saturated carbocycles. The molecule has 2 bridgehead atoms. The van der Waals surface area contributed by atoms with Crippen molar-refractivity contribution in [1.82, 2.24) is 34.4 Å². The van der Waals surface area contributed by atoms with Crippen molar-refractivity contribution < 1.29 is 13.9 Å². The van der Waals surface area contributed by atoms with Crippen LogP contribution < -0.4 is 20.3 Å². The molecular formula is C37H33ClFN9O2S. The molecule has 1 amide bonds. The first kappa shape index (κ1) is 32.1. The Hall–Kier alpha value is -4.85. The van der Waals surface area contributed by atoms with E-state index in [1.165, 1.54) is 11.9 Å². The zero-order valence-electron chi connectivity index (χ0n) is 27.6. The number of carbonyl (C=O) groups excluding carboxylic acids is 1. The average molecular weight is 722 g/mol. The third-order valence-electron chi connectivity index (χ3n) is 9.68. The maximum atomic E-state index is 16.7. The third-order valence-corrected chi connectivity index (χ3v) is 11.0. The molecule has 3 aliphatic rings. The number of anilines is 2. The minimum atomic E-state index is -0.612. The molecule has 0 spiro atoms. The fraction of sp³-hybridized carbons (Fsp3) is 0.297. The normalized spacial score (nSPS) is 18.5. The fourth-order valence-corrected chi connectivity index (χ4v) is 8.10. The monoisotopic (exact) mass is 721 g/mol. The van der Waals surface area contributed by atoms with Gasteiger partial charge in [-0.1, -0.05) is 41.9 Å². The van der Waals surface area contributed by atoms with Gasteiger partial charge in [0.25, 0.3) is 5.91 Å². The maximum absolute atomic E-state index is 16.7. The molecule has 2 N–H and O–H groups in total. The van der Waals surface area contributed by atoms with E-state index in [1.807, 2.05) is 49.4 Å². The zero-order valence-corrected chi connectivity index (χ0v) is 29.2. The van der Waals surface area contributed by atoms with Gasteiger partial charge in [-0.25, -0.2) is 9.37 Å². The molecule has 3 fully saturated rings. The summed E-state index contributed by atoms with van der Waals surface area (Å²) in [7, 11) is 0. The van der Waals surface area contributed by atoms with Gasteiger partial charge in [-0.2, -0.15) is 14.1 Å². The Bertz CT molecular complexity index is 2320. The average Bonchev–Trinajstić information content (AvgIpc) is 3.79. The number of fused-ring (bicyclic) bond motifs is 4. The van der Waals surface area contributed by atoms with E-state index in [1.54, 1.807) is 28.7 Å². The summed E-state index contributed by atoms with van der Waals surface area (Å²) < 4.78 is 24.3. The molecule has 2 saturated heterocycles. The van der Waals surface area contributed by atoms with Crippen molar-refractivity contribution in [2.75, 3.05) is 29.9 Å². The summed E-state index contributed by atoms with van der Waals surface area (Å²) in [6.45, 7) is 3.02. The van der Waals surface area contributed by atoms with Crippen molar-refractivity contribution >= 4 is 62.6 Å². The molecule has 5 heterocycles. The van der Waals surface area contributed by atoms with Crippen LogP contribution in [0.4, 0.5) is 15.9 Å². The standard InChI is InChI=1S/C37H33ClFN9O2S/c1-20-14-23(12-13-29(20)51-48-19-41-35(46-48)22-8-9-22)43-30(49)18-50-37-44-34-27(36(45-37)47-16-24-10-11-25(17-47)42-24)15-40-33(32(34)39)26-6-2-4-21-5-3-7-28(38)31(21)26/h2-7,12-15,19,22,24-25,42H,8-11,16-18H2,1H3,(H,43,49). The van der Waals surface area contributed by atoms with Crippen LogP contribution in [0.5, 0.6) is 6.01 Å². The molecule has 6 aromatic rings. The fourth-order valence-electron chi connectivity index (χ4n) is 7.07. The van der Waals surface area contributed by atoms with Gasteiger partial charge in [0, 0.05) is 75.8 Å². The summed E-state index contributed by atoms with van der Waals surface area (Å²) in [5, 5.41) is 13.6. The number of rotatable bonds is 9. The minimum absolute atomic E-state index is 0.0655. The van der Waals surface area contributed by atoms with Crippen LogP contribution in [-0.4, -0.2) is 66.8 Å². The number of piperazine rings is 1. The molecule has 3 aromatic heterocycles. The molecule has 3 aromatic carbocycles. The van der Waals surface area contributed by atoms with Crippen LogP contribution in [0.1, 0.15) is 43.0 Å². The van der Waals surface area contributed by atoms with E-state index >= 15 is 4.39 Å². The second-order valence-corrected chi connectivity index (χ2v) is 14.8. The molecule has 2 unspecified atom stereocenters. The summed E-state index contributed by atoms with van der Waals surface area (Å²) in [4.78, 5) is 34.5. The maximum Gasteiger partial charge on any atom is 0.319 e. The van der Waals surface area contributed by atoms with Gasteiger partial charge < -0.3 is 20.3 Å². The van der Waals surface area contributed by atoms with E-state index in [4.69, 9.17) is 21.3 Å². The Kier molecular flexibility index (Phi) is 8.20. The van der Waals surface area contributed by atoms with Crippen LogP contribution in [0.2, 0.25) is 5.02 Å². The summed E-state index contributed by atoms with van der Waals surface area (Å²) in [6, 6.07) is 17.3. The minimum Gasteiger partial charge on any atom is -0.453 e. The second-order valence-electron chi connectivity index (χ2n) is 13.4. The third kappa shape index (κ3) is 6.34. The second kappa shape index (κ2) is 13.0. The lowest BCUT2D eigenvalue weighted by Gasteiger charge is -2.34. The Morgan fingerprint density at radius 1 is 1.06 bits per heavy atom. The number of pyridine rings is 1. The van der Waals surface area contributed by atoms with Gasteiger partial charge in [0.1, 0.15) is 23.4 Å². The largest absolute Gasteiger partial charge is 0.453 e. The predicted molar refractivity (Wildman–Crippen MR) is 196 cm³/mol. The van der Waals surface area contributed by atoms with Gasteiger partial charge in [-0.3, -0.25) is 9.78 Å². The van der Waals surface area contributed by atoms with Crippen molar-refractivity contribution in [2.24, 2.45) is 0 Å². The number of aromatic nitrogens is 6. The van der Waals surface area contributed by atoms with Gasteiger partial charge in [-0.15, -0.1) is 5.10 Å². The molecule has 2 aliphatic heterocycles. The highest BCUT2D eigenvalue weighted by molar-refractivity contribution is 7.97. The summed E-state index contributed by atoms with van der Waals surface area (Å²) in [5.74, 6) is 0.898. The highest BCUT2D eigenvalue weighted by Gasteiger charge is 2.34. The molecular weight excluding hydrogens is 689 g/mol. The van der Waals surface area contributed by atoms with Gasteiger partial charge >= 0.3 is 6.01 Å². The molecule has 11 nitrogen and oxygen atoms in total. The van der Waals surface area contributed by atoms with E-state index in [2.05, 4.69) is 35.6 Å². The topological polar surface area (TPSA) is 123 Å². The quantitative estimate of drug-likeness (QED) is 0.163. The van der Waals surface area contributed by atoms with Crippen LogP contribution >= 0.6 is 23.5 Å². The number of amides is 1. The number of halogens is 2. The van der Waals surface area contributed by atoms with Gasteiger partial charge in [0.2, 0.25) is 0 Å². The Balaban J connectivity index is 0.984. The molecule has 0 radical (unpaired) electrons. The van der Waals surface area contributed by atoms with Gasteiger partial charge in [-0.05, 0) is 67.8 Å². The summed E-state index contributed by atoms with van der Waals surface area (Å²) >= 11 is 8.08. The number of benzene rings is 3. The molecule has 1 aliphatic carbocycles. The van der Waals surface area contributed by atoms with E-state index < -0.39 is 11.7 Å². The predicted octanol–water partition coefficient (Wildman–Crippen LogP) is 6.93. The van der Waals surface area contributed by atoms with Crippen molar-refractivity contribution in [3.05, 3.63) is 89.3 Å². The zero-order chi connectivity index (χ0) is 34.6. The Morgan fingerprint density at radius 3 is 2.65 bits per heavy atom. The number of ether oxygens (including phenoxy) is 1. The van der Waals surface area contributed by atoms with E-state index in [0.717, 1.165) is 47.4 Å². The van der Waals surface area contributed by atoms with E-state index in [0.29, 0.717) is 64.0 Å². The van der Waals surface area contributed by atoms with Crippen LogP contribution in [0.15, 0.2) is 72.0 Å². The summed E-state index contributed by atoms with van der Waals surface area (Å²) in [6.07, 6.45) is 7.78. The Labute approximate surface area is 302 Å². The molecule has 14 heteroatoms. The smallest absolute Gasteiger partial charge is 0.319 e. The number of carbonyl (C=O) groups is 1. The van der Waals surface area contributed by atoms with Crippen molar-refractivity contribution in [2.45, 2.75) is 55.5 Å². The number of nitrogens with one attached hydrogen (secondary N) is 2. The first-order chi connectivity index (χ1) is 24.9.